The Labute approximate surface area is 139 Å². The van der Waals surface area contributed by atoms with Crippen LogP contribution in [0.3, 0.4) is 0 Å². The summed E-state index contributed by atoms with van der Waals surface area (Å²) in [7, 11) is 3.51. The van der Waals surface area contributed by atoms with Crippen molar-refractivity contribution in [1.82, 2.24) is 14.8 Å². The van der Waals surface area contributed by atoms with Gasteiger partial charge < -0.3 is 19.8 Å². The molecule has 0 spiro atoms. The van der Waals surface area contributed by atoms with Crippen molar-refractivity contribution in [1.29, 1.82) is 0 Å². The van der Waals surface area contributed by atoms with E-state index in [4.69, 9.17) is 15.2 Å². The van der Waals surface area contributed by atoms with Crippen molar-refractivity contribution < 1.29 is 14.3 Å². The van der Waals surface area contributed by atoms with Gasteiger partial charge in [-0.05, 0) is 24.3 Å². The lowest BCUT2D eigenvalue weighted by Gasteiger charge is -2.07. The summed E-state index contributed by atoms with van der Waals surface area (Å²) in [5.41, 5.74) is 5.14. The molecule has 1 aromatic heterocycles. The van der Waals surface area contributed by atoms with Crippen LogP contribution in [0, 0.1) is 0 Å². The Balaban J connectivity index is 1.76. The molecule has 1 amide bonds. The van der Waals surface area contributed by atoms with Gasteiger partial charge in [-0.2, -0.15) is 0 Å². The molecule has 0 radical (unpaired) electrons. The Bertz CT molecular complexity index is 643. The Morgan fingerprint density at radius 3 is 2.61 bits per heavy atom. The first-order valence-electron chi connectivity index (χ1n) is 7.16. The van der Waals surface area contributed by atoms with Crippen molar-refractivity contribution >= 4 is 17.7 Å². The van der Waals surface area contributed by atoms with Gasteiger partial charge in [0.15, 0.2) is 5.16 Å². The van der Waals surface area contributed by atoms with Crippen LogP contribution in [0.2, 0.25) is 0 Å². The number of hydrogen-bond donors (Lipinski definition) is 1. The summed E-state index contributed by atoms with van der Waals surface area (Å²) in [6.45, 7) is 0.556. The molecule has 0 aliphatic carbocycles. The third kappa shape index (κ3) is 5.17. The lowest BCUT2D eigenvalue weighted by Crippen LogP contribution is -2.12. The number of nitrogens with two attached hydrogens (primary N) is 1. The van der Waals surface area contributed by atoms with E-state index in [1.165, 1.54) is 0 Å². The normalized spacial score (nSPS) is 10.5. The predicted molar refractivity (Wildman–Crippen MR) is 87.7 cm³/mol. The minimum Gasteiger partial charge on any atom is -0.497 e. The summed E-state index contributed by atoms with van der Waals surface area (Å²) in [4.78, 5) is 10.8. The topological polar surface area (TPSA) is 92.3 Å². The number of primary amides is 1. The van der Waals surface area contributed by atoms with E-state index in [0.717, 1.165) is 28.2 Å². The summed E-state index contributed by atoms with van der Waals surface area (Å²) in [5.74, 6) is 2.76. The fourth-order valence-electron chi connectivity index (χ4n) is 1.89. The van der Waals surface area contributed by atoms with Crippen LogP contribution in [0.5, 0.6) is 11.5 Å². The fraction of sp³-hybridized carbons (Fsp3) is 0.400. The molecule has 0 aliphatic heterocycles. The molecule has 124 valence electrons. The van der Waals surface area contributed by atoms with Crippen LogP contribution < -0.4 is 15.2 Å². The maximum absolute atomic E-state index is 10.8. The average molecular weight is 336 g/mol. The monoisotopic (exact) mass is 336 g/mol. The number of aryl methyl sites for hydroxylation is 1. The smallest absolute Gasteiger partial charge is 0.217 e. The van der Waals surface area contributed by atoms with Gasteiger partial charge in [0.25, 0.3) is 0 Å². The first-order valence-corrected chi connectivity index (χ1v) is 8.15. The van der Waals surface area contributed by atoms with Crippen LogP contribution >= 0.6 is 11.8 Å². The minimum absolute atomic E-state index is 0.275. The van der Waals surface area contributed by atoms with Crippen LogP contribution in [-0.4, -0.2) is 40.1 Å². The van der Waals surface area contributed by atoms with Crippen LogP contribution in [-0.2, 0) is 18.3 Å². The van der Waals surface area contributed by atoms with E-state index in [1.54, 1.807) is 18.9 Å². The number of hydrogen-bond acceptors (Lipinski definition) is 6. The van der Waals surface area contributed by atoms with Gasteiger partial charge in [0.2, 0.25) is 5.91 Å². The zero-order chi connectivity index (χ0) is 16.7. The number of aromatic nitrogens is 3. The summed E-state index contributed by atoms with van der Waals surface area (Å²) in [6, 6.07) is 7.45. The van der Waals surface area contributed by atoms with Crippen molar-refractivity contribution in [2.75, 3.05) is 19.5 Å². The number of ether oxygens (including phenoxy) is 2. The number of carbonyl (C=O) groups is 1. The maximum atomic E-state index is 10.8. The number of benzene rings is 1. The van der Waals surface area contributed by atoms with Gasteiger partial charge in [0.05, 0.1) is 13.7 Å². The number of nitrogens with zero attached hydrogens (tertiary/aromatic N) is 3. The summed E-state index contributed by atoms with van der Waals surface area (Å²) < 4.78 is 12.6. The molecule has 23 heavy (non-hydrogen) atoms. The predicted octanol–water partition coefficient (Wildman–Crippen LogP) is 1.41. The zero-order valence-corrected chi connectivity index (χ0v) is 14.0. The number of carbonyl (C=O) groups excluding carboxylic acids is 1. The summed E-state index contributed by atoms with van der Waals surface area (Å²) in [6.07, 6.45) is 0.777. The first-order chi connectivity index (χ1) is 11.1. The highest BCUT2D eigenvalue weighted by molar-refractivity contribution is 7.99. The van der Waals surface area contributed by atoms with Gasteiger partial charge >= 0.3 is 0 Å². The molecule has 0 bridgehead atoms. The van der Waals surface area contributed by atoms with Crippen molar-refractivity contribution in [3.05, 3.63) is 30.1 Å². The molecule has 7 nitrogen and oxygen atoms in total. The van der Waals surface area contributed by atoms with E-state index >= 15 is 0 Å². The molecule has 0 fully saturated rings. The molecule has 1 aromatic carbocycles. The fourth-order valence-corrected chi connectivity index (χ4v) is 2.63. The van der Waals surface area contributed by atoms with E-state index in [-0.39, 0.29) is 12.3 Å². The standard InChI is InChI=1S/C15H20N4O3S/c1-19-14(8-7-13(16)20)17-18-15(19)23-10-9-22-12-5-3-11(21-2)4-6-12/h3-6H,7-10H2,1-2H3,(H2,16,20). The number of thioether (sulfide) groups is 1. The first kappa shape index (κ1) is 17.1. The second kappa shape index (κ2) is 8.42. The van der Waals surface area contributed by atoms with Crippen LogP contribution in [0.1, 0.15) is 12.2 Å². The highest BCUT2D eigenvalue weighted by Gasteiger charge is 2.10. The number of rotatable bonds is 9. The lowest BCUT2D eigenvalue weighted by molar-refractivity contribution is -0.118. The van der Waals surface area contributed by atoms with E-state index in [2.05, 4.69) is 10.2 Å². The molecule has 8 heteroatoms. The molecule has 0 unspecified atom stereocenters. The lowest BCUT2D eigenvalue weighted by atomic mass is 10.3. The van der Waals surface area contributed by atoms with Crippen molar-refractivity contribution in [2.24, 2.45) is 12.8 Å². The van der Waals surface area contributed by atoms with Crippen molar-refractivity contribution in [2.45, 2.75) is 18.0 Å². The molecule has 0 saturated carbocycles. The Morgan fingerprint density at radius 2 is 1.96 bits per heavy atom. The highest BCUT2D eigenvalue weighted by atomic mass is 32.2. The summed E-state index contributed by atoms with van der Waals surface area (Å²) >= 11 is 1.55. The molecule has 0 aliphatic rings. The molecule has 2 N–H and O–H groups in total. The average Bonchev–Trinajstić information content (AvgIpc) is 2.90. The molecular formula is C15H20N4O3S. The van der Waals surface area contributed by atoms with Gasteiger partial charge in [0, 0.05) is 25.6 Å². The molecule has 2 rings (SSSR count). The van der Waals surface area contributed by atoms with Crippen LogP contribution in [0.25, 0.3) is 0 Å². The van der Waals surface area contributed by atoms with E-state index < -0.39 is 0 Å². The van der Waals surface area contributed by atoms with Crippen LogP contribution in [0.4, 0.5) is 0 Å². The van der Waals surface area contributed by atoms with Gasteiger partial charge in [-0.15, -0.1) is 10.2 Å². The zero-order valence-electron chi connectivity index (χ0n) is 13.2. The second-order valence-corrected chi connectivity index (χ2v) is 5.86. The van der Waals surface area contributed by atoms with Gasteiger partial charge in [-0.25, -0.2) is 0 Å². The third-order valence-corrected chi connectivity index (χ3v) is 4.15. The summed E-state index contributed by atoms with van der Waals surface area (Å²) in [5, 5.41) is 8.98. The largest absolute Gasteiger partial charge is 0.497 e. The van der Waals surface area contributed by atoms with E-state index in [0.29, 0.717) is 13.0 Å². The third-order valence-electron chi connectivity index (χ3n) is 3.16. The Hall–Kier alpha value is -2.22. The molecule has 0 saturated heterocycles. The van der Waals surface area contributed by atoms with Gasteiger partial charge in [0.1, 0.15) is 17.3 Å². The minimum atomic E-state index is -0.338. The van der Waals surface area contributed by atoms with Gasteiger partial charge in [-0.3, -0.25) is 4.79 Å². The van der Waals surface area contributed by atoms with E-state index in [1.807, 2.05) is 35.9 Å². The SMILES string of the molecule is COc1ccc(OCCSc2nnc(CCC(N)=O)n2C)cc1. The Kier molecular flexibility index (Phi) is 6.28. The van der Waals surface area contributed by atoms with E-state index in [9.17, 15) is 4.79 Å². The second-order valence-electron chi connectivity index (χ2n) is 4.80. The number of methoxy groups -OCH3 is 1. The van der Waals surface area contributed by atoms with Crippen molar-refractivity contribution in [3.63, 3.8) is 0 Å². The van der Waals surface area contributed by atoms with Gasteiger partial charge in [-0.1, -0.05) is 11.8 Å². The van der Waals surface area contributed by atoms with Crippen molar-refractivity contribution in [3.8, 4) is 11.5 Å². The van der Waals surface area contributed by atoms with Crippen LogP contribution in [0.15, 0.2) is 29.4 Å². The maximum Gasteiger partial charge on any atom is 0.217 e. The Morgan fingerprint density at radius 1 is 1.26 bits per heavy atom. The molecule has 2 aromatic rings. The molecule has 1 heterocycles. The highest BCUT2D eigenvalue weighted by Crippen LogP contribution is 2.19. The molecular weight excluding hydrogens is 316 g/mol. The molecule has 0 atom stereocenters. The number of amides is 1. The quantitative estimate of drug-likeness (QED) is 0.550.